The highest BCUT2D eigenvalue weighted by molar-refractivity contribution is 5.47. The summed E-state index contributed by atoms with van der Waals surface area (Å²) in [4.78, 5) is 0. The summed E-state index contributed by atoms with van der Waals surface area (Å²) in [6.45, 7) is 8.98. The smallest absolute Gasteiger partial charge is 0.125 e. The summed E-state index contributed by atoms with van der Waals surface area (Å²) in [6.07, 6.45) is 4.92. The molecule has 1 heterocycles. The molecule has 1 saturated heterocycles. The number of nitrogens with one attached hydrogen (secondary N) is 1. The Kier molecular flexibility index (Phi) is 4.56. The monoisotopic (exact) mass is 335 g/mol. The van der Waals surface area contributed by atoms with Crippen molar-refractivity contribution in [1.29, 1.82) is 0 Å². The number of fused-ring (bicyclic) bond motifs is 1. The Labute approximate surface area is 151 Å². The minimum Gasteiger partial charge on any atom is -0.485 e. The number of ether oxygens (including phenoxy) is 1. The molecule has 0 spiro atoms. The molecule has 0 bridgehead atoms. The molecule has 1 atom stereocenters. The topological polar surface area (TPSA) is 21.3 Å². The van der Waals surface area contributed by atoms with Crippen LogP contribution in [0.3, 0.4) is 0 Å². The highest BCUT2D eigenvalue weighted by Gasteiger charge is 2.27. The quantitative estimate of drug-likeness (QED) is 0.838. The molecule has 1 fully saturated rings. The van der Waals surface area contributed by atoms with Gasteiger partial charge in [0.25, 0.3) is 0 Å². The van der Waals surface area contributed by atoms with Crippen molar-refractivity contribution in [3.05, 3.63) is 63.7 Å². The summed E-state index contributed by atoms with van der Waals surface area (Å²) in [6, 6.07) is 11.2. The van der Waals surface area contributed by atoms with Gasteiger partial charge in [-0.1, -0.05) is 24.3 Å². The van der Waals surface area contributed by atoms with Gasteiger partial charge in [-0.05, 0) is 105 Å². The van der Waals surface area contributed by atoms with Crippen molar-refractivity contribution in [3.8, 4) is 5.75 Å². The number of hydrogen-bond donors (Lipinski definition) is 1. The highest BCUT2D eigenvalue weighted by Crippen LogP contribution is 2.39. The lowest BCUT2D eigenvalue weighted by Gasteiger charge is -2.26. The largest absolute Gasteiger partial charge is 0.485 e. The van der Waals surface area contributed by atoms with Crippen molar-refractivity contribution >= 4 is 0 Å². The summed E-state index contributed by atoms with van der Waals surface area (Å²) in [5.41, 5.74) is 8.51. The van der Waals surface area contributed by atoms with Gasteiger partial charge in [-0.25, -0.2) is 0 Å². The Morgan fingerprint density at radius 3 is 2.52 bits per heavy atom. The first-order valence-electron chi connectivity index (χ1n) is 9.71. The Hall–Kier alpha value is -1.80. The maximum absolute atomic E-state index is 6.52. The molecule has 0 aromatic heterocycles. The summed E-state index contributed by atoms with van der Waals surface area (Å²) in [7, 11) is 0. The van der Waals surface area contributed by atoms with Gasteiger partial charge in [-0.3, -0.25) is 0 Å². The van der Waals surface area contributed by atoms with E-state index in [0.29, 0.717) is 5.92 Å². The molecule has 2 heteroatoms. The third kappa shape index (κ3) is 3.08. The molecule has 2 aliphatic rings. The van der Waals surface area contributed by atoms with E-state index in [0.717, 1.165) is 31.7 Å². The van der Waals surface area contributed by atoms with Gasteiger partial charge in [0, 0.05) is 0 Å². The Morgan fingerprint density at radius 2 is 1.72 bits per heavy atom. The van der Waals surface area contributed by atoms with Crippen LogP contribution in [0.15, 0.2) is 30.3 Å². The van der Waals surface area contributed by atoms with Gasteiger partial charge >= 0.3 is 0 Å². The van der Waals surface area contributed by atoms with E-state index in [4.69, 9.17) is 4.74 Å². The molecular formula is C23H29NO. The molecule has 0 saturated carbocycles. The van der Waals surface area contributed by atoms with Gasteiger partial charge < -0.3 is 10.1 Å². The molecule has 0 amide bonds. The van der Waals surface area contributed by atoms with Gasteiger partial charge in [0.15, 0.2) is 0 Å². The van der Waals surface area contributed by atoms with Gasteiger partial charge in [0.1, 0.15) is 11.9 Å². The van der Waals surface area contributed by atoms with Crippen LogP contribution in [-0.2, 0) is 6.42 Å². The molecule has 132 valence electrons. The van der Waals surface area contributed by atoms with Crippen molar-refractivity contribution < 1.29 is 4.74 Å². The number of rotatable bonds is 3. The van der Waals surface area contributed by atoms with Crippen LogP contribution < -0.4 is 10.1 Å². The molecule has 2 nitrogen and oxygen atoms in total. The minimum atomic E-state index is 0.207. The predicted octanol–water partition coefficient (Wildman–Crippen LogP) is 5.15. The maximum Gasteiger partial charge on any atom is 0.125 e. The summed E-state index contributed by atoms with van der Waals surface area (Å²) < 4.78 is 6.52. The summed E-state index contributed by atoms with van der Waals surface area (Å²) in [5.74, 6) is 1.76. The minimum absolute atomic E-state index is 0.207. The van der Waals surface area contributed by atoms with Crippen LogP contribution in [0, 0.1) is 20.8 Å². The van der Waals surface area contributed by atoms with Crippen molar-refractivity contribution in [2.45, 2.75) is 58.5 Å². The van der Waals surface area contributed by atoms with Crippen LogP contribution in [0.5, 0.6) is 5.75 Å². The Morgan fingerprint density at radius 1 is 0.920 bits per heavy atom. The molecule has 1 aliphatic carbocycles. The maximum atomic E-state index is 6.52. The van der Waals surface area contributed by atoms with Gasteiger partial charge in [0.2, 0.25) is 0 Å². The van der Waals surface area contributed by atoms with Crippen LogP contribution in [-0.4, -0.2) is 13.1 Å². The molecule has 4 rings (SSSR count). The standard InChI is InChI=1S/C23H29NO/c1-15-5-4-6-19-7-9-22(23(15)19)25-21-10-8-20(16(2)17(21)3)18-11-13-24-14-12-18/h4-6,8,10,18,22,24H,7,9,11-14H2,1-3H3/t22-/m0/s1. The molecule has 1 N–H and O–H groups in total. The van der Waals surface area contributed by atoms with Gasteiger partial charge in [0.05, 0.1) is 0 Å². The van der Waals surface area contributed by atoms with E-state index in [-0.39, 0.29) is 6.10 Å². The van der Waals surface area contributed by atoms with Crippen molar-refractivity contribution in [1.82, 2.24) is 5.32 Å². The molecule has 2 aromatic carbocycles. The SMILES string of the molecule is Cc1cccc2c1[C@@H](Oc1ccc(C3CCNCC3)c(C)c1C)CC2. The number of piperidine rings is 1. The molecule has 0 radical (unpaired) electrons. The molecule has 2 aromatic rings. The number of benzene rings is 2. The van der Waals surface area contributed by atoms with Crippen molar-refractivity contribution in [2.24, 2.45) is 0 Å². The van der Waals surface area contributed by atoms with Crippen LogP contribution in [0.4, 0.5) is 0 Å². The molecule has 1 aliphatic heterocycles. The average Bonchev–Trinajstić information content (AvgIpc) is 3.04. The first-order chi connectivity index (χ1) is 12.1. The fourth-order valence-electron chi connectivity index (χ4n) is 4.64. The first kappa shape index (κ1) is 16.7. The Balaban J connectivity index is 1.59. The lowest BCUT2D eigenvalue weighted by atomic mass is 9.86. The van der Waals surface area contributed by atoms with Crippen LogP contribution >= 0.6 is 0 Å². The molecule has 25 heavy (non-hydrogen) atoms. The fraction of sp³-hybridized carbons (Fsp3) is 0.478. The van der Waals surface area contributed by atoms with Crippen LogP contribution in [0.1, 0.15) is 64.7 Å². The average molecular weight is 335 g/mol. The first-order valence-corrected chi connectivity index (χ1v) is 9.71. The van der Waals surface area contributed by atoms with E-state index >= 15 is 0 Å². The third-order valence-corrected chi connectivity index (χ3v) is 6.24. The zero-order valence-electron chi connectivity index (χ0n) is 15.7. The van der Waals surface area contributed by atoms with Gasteiger partial charge in [-0.15, -0.1) is 0 Å². The number of aryl methyl sites for hydroxylation is 2. The predicted molar refractivity (Wildman–Crippen MR) is 104 cm³/mol. The zero-order chi connectivity index (χ0) is 17.4. The fourth-order valence-corrected chi connectivity index (χ4v) is 4.64. The lowest BCUT2D eigenvalue weighted by Crippen LogP contribution is -2.27. The van der Waals surface area contributed by atoms with E-state index < -0.39 is 0 Å². The van der Waals surface area contributed by atoms with Crippen molar-refractivity contribution in [3.63, 3.8) is 0 Å². The Bertz CT molecular complexity index is 774. The second-order valence-corrected chi connectivity index (χ2v) is 7.72. The van der Waals surface area contributed by atoms with E-state index in [1.165, 1.54) is 46.2 Å². The summed E-state index contributed by atoms with van der Waals surface area (Å²) in [5, 5.41) is 3.47. The normalized spacial score (nSPS) is 20.5. The number of hydrogen-bond acceptors (Lipinski definition) is 2. The van der Waals surface area contributed by atoms with E-state index in [1.54, 1.807) is 0 Å². The van der Waals surface area contributed by atoms with Crippen molar-refractivity contribution in [2.75, 3.05) is 13.1 Å². The third-order valence-electron chi connectivity index (χ3n) is 6.24. The second kappa shape index (κ2) is 6.84. The van der Waals surface area contributed by atoms with Crippen LogP contribution in [0.25, 0.3) is 0 Å². The summed E-state index contributed by atoms with van der Waals surface area (Å²) >= 11 is 0. The molecular weight excluding hydrogens is 306 g/mol. The molecule has 0 unspecified atom stereocenters. The highest BCUT2D eigenvalue weighted by atomic mass is 16.5. The zero-order valence-corrected chi connectivity index (χ0v) is 15.7. The van der Waals surface area contributed by atoms with Gasteiger partial charge in [-0.2, -0.15) is 0 Å². The van der Waals surface area contributed by atoms with Crippen LogP contribution in [0.2, 0.25) is 0 Å². The van der Waals surface area contributed by atoms with E-state index in [1.807, 2.05) is 0 Å². The van der Waals surface area contributed by atoms with E-state index in [9.17, 15) is 0 Å². The second-order valence-electron chi connectivity index (χ2n) is 7.72. The lowest BCUT2D eigenvalue weighted by molar-refractivity contribution is 0.205. The van der Waals surface area contributed by atoms with E-state index in [2.05, 4.69) is 56.4 Å².